The third kappa shape index (κ3) is 7.77. The van der Waals surface area contributed by atoms with E-state index in [2.05, 4.69) is 37.3 Å². The number of hydrogen-bond donors (Lipinski definition) is 3. The maximum atomic E-state index is 13.9. The van der Waals surface area contributed by atoms with Crippen LogP contribution in [-0.2, 0) is 19.3 Å². The number of allylic oxidation sites excluding steroid dienone is 2. The summed E-state index contributed by atoms with van der Waals surface area (Å²) in [4.78, 5) is 28.0. The van der Waals surface area contributed by atoms with Crippen LogP contribution in [-0.4, -0.2) is 32.6 Å². The molecule has 5 aromatic rings. The lowest BCUT2D eigenvalue weighted by molar-refractivity contribution is -0.137. The Morgan fingerprint density at radius 1 is 0.875 bits per heavy atom. The van der Waals surface area contributed by atoms with E-state index in [1.165, 1.54) is 18.1 Å². The molecule has 1 aromatic heterocycles. The lowest BCUT2D eigenvalue weighted by Gasteiger charge is -2.25. The van der Waals surface area contributed by atoms with Gasteiger partial charge in [-0.25, -0.2) is 4.79 Å². The van der Waals surface area contributed by atoms with Crippen molar-refractivity contribution in [2.45, 2.75) is 44.9 Å². The minimum Gasteiger partial charge on any atom is -0.334 e. The van der Waals surface area contributed by atoms with Crippen molar-refractivity contribution in [2.24, 2.45) is 0 Å². The van der Waals surface area contributed by atoms with Gasteiger partial charge in [-0.1, -0.05) is 71.8 Å². The highest BCUT2D eigenvalue weighted by Gasteiger charge is 2.30. The van der Waals surface area contributed by atoms with Gasteiger partial charge < -0.3 is 5.32 Å². The number of nitrogens with zero attached hydrogens (tertiary/aromatic N) is 4. The average Bonchev–Trinajstić information content (AvgIpc) is 3.63. The predicted octanol–water partition coefficient (Wildman–Crippen LogP) is 8.01. The number of anilines is 2. The van der Waals surface area contributed by atoms with Crippen LogP contribution < -0.4 is 15.5 Å². The highest BCUT2D eigenvalue weighted by molar-refractivity contribution is 6.03. The maximum Gasteiger partial charge on any atom is 0.416 e. The zero-order valence-corrected chi connectivity index (χ0v) is 25.8. The van der Waals surface area contributed by atoms with Gasteiger partial charge in [0.2, 0.25) is 0 Å². The van der Waals surface area contributed by atoms with Crippen molar-refractivity contribution < 1.29 is 22.8 Å². The third-order valence-corrected chi connectivity index (χ3v) is 8.16. The molecule has 1 aliphatic rings. The summed E-state index contributed by atoms with van der Waals surface area (Å²) in [5, 5.41) is 18.7. The number of tetrazole rings is 1. The summed E-state index contributed by atoms with van der Waals surface area (Å²) in [7, 11) is 0. The van der Waals surface area contributed by atoms with Gasteiger partial charge in [0.05, 0.1) is 12.1 Å². The molecule has 0 atom stereocenters. The van der Waals surface area contributed by atoms with E-state index in [9.17, 15) is 22.8 Å². The Morgan fingerprint density at radius 2 is 1.67 bits per heavy atom. The van der Waals surface area contributed by atoms with Gasteiger partial charge in [0.15, 0.2) is 0 Å². The van der Waals surface area contributed by atoms with Crippen molar-refractivity contribution in [3.8, 4) is 11.1 Å². The number of alkyl halides is 3. The monoisotopic (exact) mass is 651 g/mol. The second kappa shape index (κ2) is 14.3. The largest absolute Gasteiger partial charge is 0.416 e. The minimum absolute atomic E-state index is 0.0500. The van der Waals surface area contributed by atoms with Gasteiger partial charge in [-0.3, -0.25) is 15.0 Å². The highest BCUT2D eigenvalue weighted by atomic mass is 19.4. The van der Waals surface area contributed by atoms with E-state index in [1.807, 2.05) is 24.3 Å². The van der Waals surface area contributed by atoms with E-state index in [0.29, 0.717) is 27.9 Å². The molecule has 1 aliphatic carbocycles. The molecule has 4 aromatic carbocycles. The normalized spacial score (nSPS) is 13.0. The van der Waals surface area contributed by atoms with Crippen LogP contribution in [0.3, 0.4) is 0 Å². The Hall–Kier alpha value is -5.78. The van der Waals surface area contributed by atoms with Gasteiger partial charge in [0.25, 0.3) is 11.9 Å². The molecule has 3 N–H and O–H groups in total. The van der Waals surface area contributed by atoms with Crippen molar-refractivity contribution in [2.75, 3.05) is 10.2 Å². The number of carbonyl (C=O) groups is 2. The summed E-state index contributed by atoms with van der Waals surface area (Å²) >= 11 is 0. The molecule has 1 heterocycles. The molecule has 0 radical (unpaired) electrons. The standard InChI is InChI=1S/C36H32F3N7O2/c37-36(38,39)30-11-6-10-28(21-30)32-12-5-4-9-29(32)22-40-35(48)46(31-19-17-26(18-20-31)25-7-2-1-3-8-25)23-24-13-15-27(16-14-24)33(47)41-34-42-44-45-43-34/h4-7,9-21H,1-3,8,22-23H2,(H,40,48)(H2,41,42,43,44,45,47). The van der Waals surface area contributed by atoms with E-state index >= 15 is 0 Å². The molecular formula is C36H32F3N7O2. The molecule has 12 heteroatoms. The van der Waals surface area contributed by atoms with Gasteiger partial charge in [0.1, 0.15) is 0 Å². The number of urea groups is 1. The molecule has 0 unspecified atom stereocenters. The van der Waals surface area contributed by atoms with Gasteiger partial charge >= 0.3 is 12.2 Å². The molecule has 0 saturated carbocycles. The molecule has 6 rings (SSSR count). The first-order chi connectivity index (χ1) is 23.2. The number of aromatic amines is 1. The van der Waals surface area contributed by atoms with Crippen molar-refractivity contribution in [3.63, 3.8) is 0 Å². The third-order valence-electron chi connectivity index (χ3n) is 8.16. The van der Waals surface area contributed by atoms with Crippen LogP contribution in [0.2, 0.25) is 0 Å². The SMILES string of the molecule is O=C(Nc1nn[nH]n1)c1ccc(CN(C(=O)NCc2ccccc2-c2cccc(C(F)(F)F)c2)c2ccc(C3=CCCCC3)cc2)cc1. The Bertz CT molecular complexity index is 1910. The smallest absolute Gasteiger partial charge is 0.334 e. The van der Waals surface area contributed by atoms with E-state index in [1.54, 1.807) is 59.5 Å². The molecule has 0 spiro atoms. The van der Waals surface area contributed by atoms with E-state index < -0.39 is 23.7 Å². The summed E-state index contributed by atoms with van der Waals surface area (Å²) in [6, 6.07) is 26.5. The molecular weight excluding hydrogens is 619 g/mol. The van der Waals surface area contributed by atoms with Crippen molar-refractivity contribution in [1.29, 1.82) is 0 Å². The Labute approximate surface area is 274 Å². The van der Waals surface area contributed by atoms with Gasteiger partial charge in [0, 0.05) is 17.8 Å². The van der Waals surface area contributed by atoms with Crippen LogP contribution in [0.25, 0.3) is 16.7 Å². The van der Waals surface area contributed by atoms with Crippen LogP contribution in [0.1, 0.15) is 58.3 Å². The van der Waals surface area contributed by atoms with Crippen molar-refractivity contribution in [3.05, 3.63) is 131 Å². The Balaban J connectivity index is 1.23. The number of aromatic nitrogens is 4. The highest BCUT2D eigenvalue weighted by Crippen LogP contribution is 2.33. The minimum atomic E-state index is -4.47. The number of rotatable bonds is 9. The lowest BCUT2D eigenvalue weighted by Crippen LogP contribution is -2.39. The topological polar surface area (TPSA) is 116 Å². The summed E-state index contributed by atoms with van der Waals surface area (Å²) in [5.74, 6) is -0.362. The second-order valence-corrected chi connectivity index (χ2v) is 11.4. The molecule has 9 nitrogen and oxygen atoms in total. The van der Waals surface area contributed by atoms with Crippen molar-refractivity contribution >= 4 is 29.1 Å². The first-order valence-corrected chi connectivity index (χ1v) is 15.5. The number of halogens is 3. The average molecular weight is 652 g/mol. The number of hydrogen-bond acceptors (Lipinski definition) is 5. The molecule has 0 aliphatic heterocycles. The lowest BCUT2D eigenvalue weighted by atomic mass is 9.93. The fourth-order valence-electron chi connectivity index (χ4n) is 5.65. The van der Waals surface area contributed by atoms with Crippen LogP contribution >= 0.6 is 0 Å². The quantitative estimate of drug-likeness (QED) is 0.149. The zero-order valence-electron chi connectivity index (χ0n) is 25.8. The fourth-order valence-corrected chi connectivity index (χ4v) is 5.65. The van der Waals surface area contributed by atoms with E-state index in [-0.39, 0.29) is 19.0 Å². The molecule has 3 amide bonds. The zero-order chi connectivity index (χ0) is 33.5. The number of amides is 3. The first-order valence-electron chi connectivity index (χ1n) is 15.5. The van der Waals surface area contributed by atoms with Crippen molar-refractivity contribution in [1.82, 2.24) is 25.9 Å². The first kappa shape index (κ1) is 32.2. The number of carbonyl (C=O) groups excluding carboxylic acids is 2. The van der Waals surface area contributed by atoms with Gasteiger partial charge in [-0.2, -0.15) is 18.4 Å². The predicted molar refractivity (Wildman–Crippen MR) is 177 cm³/mol. The van der Waals surface area contributed by atoms with Gasteiger partial charge in [-0.05, 0) is 101 Å². The number of benzene rings is 4. The van der Waals surface area contributed by atoms with Crippen LogP contribution in [0.4, 0.5) is 29.6 Å². The van der Waals surface area contributed by atoms with Crippen LogP contribution in [0.15, 0.2) is 103 Å². The maximum absolute atomic E-state index is 13.9. The summed E-state index contributed by atoms with van der Waals surface area (Å²) < 4.78 is 40.3. The molecule has 244 valence electrons. The van der Waals surface area contributed by atoms with E-state index in [4.69, 9.17) is 0 Å². The fraction of sp³-hybridized carbons (Fsp3) is 0.194. The second-order valence-electron chi connectivity index (χ2n) is 11.4. The Kier molecular flexibility index (Phi) is 9.60. The molecule has 48 heavy (non-hydrogen) atoms. The van der Waals surface area contributed by atoms with Crippen LogP contribution in [0.5, 0.6) is 0 Å². The summed E-state index contributed by atoms with van der Waals surface area (Å²) in [6.45, 7) is 0.276. The number of H-pyrrole nitrogens is 1. The van der Waals surface area contributed by atoms with Crippen LogP contribution in [0, 0.1) is 0 Å². The van der Waals surface area contributed by atoms with Gasteiger partial charge in [-0.15, -0.1) is 5.10 Å². The molecule has 0 bridgehead atoms. The Morgan fingerprint density at radius 3 is 2.38 bits per heavy atom. The van der Waals surface area contributed by atoms with E-state index in [0.717, 1.165) is 42.5 Å². The molecule has 0 fully saturated rings. The molecule has 0 saturated heterocycles. The summed E-state index contributed by atoms with van der Waals surface area (Å²) in [6.07, 6.45) is 2.19. The number of nitrogens with one attached hydrogen (secondary N) is 3. The summed E-state index contributed by atoms with van der Waals surface area (Å²) in [5.41, 5.74) is 5.14.